The van der Waals surface area contributed by atoms with Crippen LogP contribution in [0.15, 0.2) is 55.0 Å². The van der Waals surface area contributed by atoms with Crippen LogP contribution in [0.5, 0.6) is 0 Å². The van der Waals surface area contributed by atoms with Crippen LogP contribution in [-0.4, -0.2) is 28.2 Å². The fourth-order valence-electron chi connectivity index (χ4n) is 3.90. The van der Waals surface area contributed by atoms with Crippen LogP contribution in [0.25, 0.3) is 16.8 Å². The number of nitrogens with one attached hydrogen (secondary N) is 1. The van der Waals surface area contributed by atoms with Gasteiger partial charge in [-0.1, -0.05) is 44.2 Å². The van der Waals surface area contributed by atoms with E-state index in [1.165, 1.54) is 5.56 Å². The van der Waals surface area contributed by atoms with Crippen molar-refractivity contribution in [1.29, 1.82) is 0 Å². The highest BCUT2D eigenvalue weighted by atomic mass is 16.5. The predicted octanol–water partition coefficient (Wildman–Crippen LogP) is 4.21. The second-order valence-corrected chi connectivity index (χ2v) is 8.51. The molecule has 3 heterocycles. The van der Waals surface area contributed by atoms with E-state index in [-0.39, 0.29) is 17.5 Å². The predicted molar refractivity (Wildman–Crippen MR) is 115 cm³/mol. The largest absolute Gasteiger partial charge is 0.459 e. The minimum absolute atomic E-state index is 0.180. The maximum absolute atomic E-state index is 12.7. The van der Waals surface area contributed by atoms with Crippen molar-refractivity contribution in [1.82, 2.24) is 14.9 Å². The Bertz CT molecular complexity index is 1030. The number of hydrogen-bond donors (Lipinski definition) is 1. The normalized spacial score (nSPS) is 15.4. The number of fused-ring (bicyclic) bond motifs is 3. The van der Waals surface area contributed by atoms with Gasteiger partial charge in [0.15, 0.2) is 0 Å². The Hall–Kier alpha value is -3.08. The topological polar surface area (TPSA) is 56.1 Å². The molecule has 0 saturated carbocycles. The number of hydrogen-bond acceptors (Lipinski definition) is 4. The van der Waals surface area contributed by atoms with Crippen LogP contribution in [0, 0.1) is 0 Å². The second kappa shape index (κ2) is 7.39. The summed E-state index contributed by atoms with van der Waals surface area (Å²) in [5.74, 6) is -0.341. The maximum atomic E-state index is 12.7. The lowest BCUT2D eigenvalue weighted by Crippen LogP contribution is -2.29. The molecule has 0 aliphatic carbocycles. The smallest absolute Gasteiger partial charge is 0.342 e. The van der Waals surface area contributed by atoms with E-state index in [1.807, 2.05) is 32.2 Å². The van der Waals surface area contributed by atoms with Gasteiger partial charge in [-0.25, -0.2) is 9.78 Å². The van der Waals surface area contributed by atoms with Gasteiger partial charge in [0, 0.05) is 42.7 Å². The molecule has 0 atom stereocenters. The van der Waals surface area contributed by atoms with Gasteiger partial charge < -0.3 is 14.6 Å². The zero-order valence-electron chi connectivity index (χ0n) is 17.4. The van der Waals surface area contributed by atoms with Crippen LogP contribution in [0.4, 0.5) is 0 Å². The first-order chi connectivity index (χ1) is 13.8. The number of pyridine rings is 1. The number of rotatable bonds is 4. The number of aromatic nitrogens is 2. The van der Waals surface area contributed by atoms with Gasteiger partial charge >= 0.3 is 5.97 Å². The third-order valence-electron chi connectivity index (χ3n) is 5.23. The highest BCUT2D eigenvalue weighted by molar-refractivity contribution is 6.17. The van der Waals surface area contributed by atoms with E-state index >= 15 is 0 Å². The molecule has 0 amide bonds. The second-order valence-electron chi connectivity index (χ2n) is 8.51. The van der Waals surface area contributed by atoms with Crippen LogP contribution in [0.3, 0.4) is 0 Å². The first-order valence-electron chi connectivity index (χ1n) is 10.0. The van der Waals surface area contributed by atoms with E-state index < -0.39 is 0 Å². The van der Waals surface area contributed by atoms with Crippen LogP contribution in [-0.2, 0) is 21.5 Å². The highest BCUT2D eigenvalue weighted by Gasteiger charge is 2.36. The molecule has 150 valence electrons. The maximum Gasteiger partial charge on any atom is 0.342 e. The van der Waals surface area contributed by atoms with Crippen molar-refractivity contribution in [3.8, 4) is 11.3 Å². The van der Waals surface area contributed by atoms with Gasteiger partial charge in [-0.15, -0.1) is 0 Å². The summed E-state index contributed by atoms with van der Waals surface area (Å²) >= 11 is 0. The molecule has 4 rings (SSSR count). The van der Waals surface area contributed by atoms with Crippen LogP contribution < -0.4 is 5.32 Å². The van der Waals surface area contributed by atoms with Crippen molar-refractivity contribution in [3.05, 3.63) is 71.8 Å². The van der Waals surface area contributed by atoms with Gasteiger partial charge in [0.05, 0.1) is 17.5 Å². The zero-order valence-corrected chi connectivity index (χ0v) is 17.4. The average Bonchev–Trinajstić information content (AvgIpc) is 2.98. The average molecular weight is 389 g/mol. The van der Waals surface area contributed by atoms with E-state index in [0.29, 0.717) is 12.1 Å². The molecule has 3 aliphatic rings. The molecule has 0 aromatic heterocycles. The van der Waals surface area contributed by atoms with E-state index in [9.17, 15) is 4.79 Å². The van der Waals surface area contributed by atoms with Crippen LogP contribution in [0.2, 0.25) is 0 Å². The van der Waals surface area contributed by atoms with Crippen molar-refractivity contribution >= 4 is 11.5 Å². The van der Waals surface area contributed by atoms with Crippen LogP contribution in [0.1, 0.15) is 44.5 Å². The number of esters is 1. The lowest BCUT2D eigenvalue weighted by molar-refractivity contribution is -0.140. The van der Waals surface area contributed by atoms with Crippen molar-refractivity contribution in [2.75, 3.05) is 6.54 Å². The molecule has 5 heteroatoms. The number of ether oxygens (including phenoxy) is 1. The van der Waals surface area contributed by atoms with Gasteiger partial charge in [-0.3, -0.25) is 0 Å². The Morgan fingerprint density at radius 2 is 2.00 bits per heavy atom. The molecule has 0 radical (unpaired) electrons. The summed E-state index contributed by atoms with van der Waals surface area (Å²) in [4.78, 5) is 17.6. The third-order valence-corrected chi connectivity index (χ3v) is 5.23. The van der Waals surface area contributed by atoms with Gasteiger partial charge in [0.25, 0.3) is 0 Å². The molecular weight excluding hydrogens is 362 g/mol. The Morgan fingerprint density at radius 3 is 2.72 bits per heavy atom. The van der Waals surface area contributed by atoms with Gasteiger partial charge in [0.1, 0.15) is 5.57 Å². The molecule has 1 N–H and O–H groups in total. The van der Waals surface area contributed by atoms with Crippen LogP contribution >= 0.6 is 0 Å². The summed E-state index contributed by atoms with van der Waals surface area (Å²) in [7, 11) is 0. The van der Waals surface area contributed by atoms with Gasteiger partial charge in [-0.2, -0.15) is 0 Å². The Labute approximate surface area is 171 Å². The van der Waals surface area contributed by atoms with Gasteiger partial charge in [-0.05, 0) is 31.0 Å². The minimum atomic E-state index is -0.341. The monoisotopic (exact) mass is 389 g/mol. The molecule has 0 unspecified atom stereocenters. The van der Waals surface area contributed by atoms with E-state index in [2.05, 4.69) is 54.2 Å². The van der Waals surface area contributed by atoms with E-state index in [0.717, 1.165) is 29.1 Å². The zero-order chi connectivity index (χ0) is 20.6. The minimum Gasteiger partial charge on any atom is -0.459 e. The van der Waals surface area contributed by atoms with Crippen molar-refractivity contribution in [3.63, 3.8) is 0 Å². The molecular formula is C24H27N3O2. The highest BCUT2D eigenvalue weighted by Crippen LogP contribution is 2.41. The molecule has 0 spiro atoms. The Kier molecular flexibility index (Phi) is 4.91. The lowest BCUT2D eigenvalue weighted by Gasteiger charge is -2.25. The number of benzene rings is 1. The lowest BCUT2D eigenvalue weighted by atomic mass is 9.81. The van der Waals surface area contributed by atoms with Crippen molar-refractivity contribution in [2.45, 2.75) is 45.8 Å². The fourth-order valence-corrected chi connectivity index (χ4v) is 3.90. The molecule has 1 aromatic carbocycles. The first kappa shape index (κ1) is 19.2. The quantitative estimate of drug-likeness (QED) is 0.679. The standard InChI is InChI=1S/C24H27N3O2/c1-16(2)29-23(28)18-12-25-15-24(3,4)21-19-14-27(11-10-20(19)26-22(18)21)13-17-8-6-5-7-9-17/h5-12,14,16,25H,13,15H2,1-4H3. The molecule has 29 heavy (non-hydrogen) atoms. The van der Waals surface area contributed by atoms with E-state index in [1.54, 1.807) is 6.20 Å². The summed E-state index contributed by atoms with van der Waals surface area (Å²) < 4.78 is 7.65. The molecule has 0 bridgehead atoms. The summed E-state index contributed by atoms with van der Waals surface area (Å²) in [5.41, 5.74) is 5.33. The Balaban J connectivity index is 1.81. The SMILES string of the molecule is CC(C)OC(=O)C1=CNCC(C)(C)c2c3cn(Cc4ccccc4)ccc-3nc21. The molecule has 5 nitrogen and oxygen atoms in total. The first-order valence-corrected chi connectivity index (χ1v) is 10.0. The summed E-state index contributed by atoms with van der Waals surface area (Å²) in [6.07, 6.45) is 5.76. The Morgan fingerprint density at radius 1 is 1.24 bits per heavy atom. The van der Waals surface area contributed by atoms with Crippen molar-refractivity contribution in [2.24, 2.45) is 0 Å². The number of carbonyl (C=O) groups is 1. The molecule has 1 aromatic rings. The number of carbonyl (C=O) groups excluding carboxylic acids is 1. The molecule has 3 aliphatic heterocycles. The van der Waals surface area contributed by atoms with Crippen molar-refractivity contribution < 1.29 is 9.53 Å². The van der Waals surface area contributed by atoms with E-state index in [4.69, 9.17) is 9.72 Å². The summed E-state index contributed by atoms with van der Waals surface area (Å²) in [5, 5.41) is 3.28. The third kappa shape index (κ3) is 3.77. The van der Waals surface area contributed by atoms with Gasteiger partial charge in [0.2, 0.25) is 0 Å². The summed E-state index contributed by atoms with van der Waals surface area (Å²) in [6.45, 7) is 9.57. The fraction of sp³-hybridized carbons (Fsp3) is 0.333. The number of nitrogens with zero attached hydrogens (tertiary/aromatic N) is 2. The molecule has 0 fully saturated rings. The summed E-state index contributed by atoms with van der Waals surface area (Å²) in [6, 6.07) is 12.4. The molecule has 0 saturated heterocycles.